The van der Waals surface area contributed by atoms with Gasteiger partial charge in [-0.3, -0.25) is 0 Å². The molecule has 1 saturated heterocycles. The Morgan fingerprint density at radius 2 is 2.32 bits per heavy atom. The van der Waals surface area contributed by atoms with Gasteiger partial charge in [0.25, 0.3) is 0 Å². The molecule has 7 nitrogen and oxygen atoms in total. The smallest absolute Gasteiger partial charge is 0.410 e. The van der Waals surface area contributed by atoms with Crippen LogP contribution in [0.2, 0.25) is 0 Å². The lowest BCUT2D eigenvalue weighted by Crippen LogP contribution is -2.35. The molecule has 2 rings (SSSR count). The van der Waals surface area contributed by atoms with Gasteiger partial charge < -0.3 is 15.4 Å². The molecule has 0 spiro atoms. The highest BCUT2D eigenvalue weighted by molar-refractivity contribution is 5.68. The molecule has 1 aromatic heterocycles. The third-order valence-corrected chi connectivity index (χ3v) is 2.96. The lowest BCUT2D eigenvalue weighted by Gasteiger charge is -2.24. The molecule has 0 aliphatic carbocycles. The zero-order chi connectivity index (χ0) is 14.0. The van der Waals surface area contributed by atoms with Gasteiger partial charge in [-0.25, -0.2) is 9.48 Å². The summed E-state index contributed by atoms with van der Waals surface area (Å²) in [6, 6.07) is 0.153. The van der Waals surface area contributed by atoms with E-state index in [4.69, 9.17) is 10.5 Å². The number of nitrogens with two attached hydrogens (primary N) is 1. The zero-order valence-corrected chi connectivity index (χ0v) is 11.7. The number of carbonyl (C=O) groups is 1. The molecule has 0 saturated carbocycles. The molecule has 2 N–H and O–H groups in total. The zero-order valence-electron chi connectivity index (χ0n) is 11.7. The summed E-state index contributed by atoms with van der Waals surface area (Å²) in [4.78, 5) is 13.6. The highest BCUT2D eigenvalue weighted by Gasteiger charge is 2.31. The molecule has 0 unspecified atom stereocenters. The highest BCUT2D eigenvalue weighted by Crippen LogP contribution is 2.22. The van der Waals surface area contributed by atoms with Crippen molar-refractivity contribution in [3.8, 4) is 0 Å². The summed E-state index contributed by atoms with van der Waals surface area (Å²) in [5, 5.41) is 8.01. The van der Waals surface area contributed by atoms with Gasteiger partial charge >= 0.3 is 6.09 Å². The third-order valence-electron chi connectivity index (χ3n) is 2.96. The third kappa shape index (κ3) is 3.44. The van der Waals surface area contributed by atoms with Gasteiger partial charge in [0.2, 0.25) is 0 Å². The molecule has 1 fully saturated rings. The molecule has 1 amide bonds. The van der Waals surface area contributed by atoms with Gasteiger partial charge in [0.15, 0.2) is 0 Å². The molecule has 1 aromatic rings. The normalized spacial score (nSPS) is 19.8. The largest absolute Gasteiger partial charge is 0.444 e. The van der Waals surface area contributed by atoms with Crippen molar-refractivity contribution in [2.75, 3.05) is 13.1 Å². The molecule has 2 heterocycles. The first-order valence-corrected chi connectivity index (χ1v) is 6.48. The van der Waals surface area contributed by atoms with E-state index in [1.165, 1.54) is 0 Å². The molecule has 1 aliphatic rings. The molecule has 0 radical (unpaired) electrons. The van der Waals surface area contributed by atoms with Crippen molar-refractivity contribution in [3.63, 3.8) is 0 Å². The average molecular weight is 267 g/mol. The van der Waals surface area contributed by atoms with Crippen LogP contribution < -0.4 is 5.73 Å². The minimum Gasteiger partial charge on any atom is -0.444 e. The molecule has 7 heteroatoms. The maximum absolute atomic E-state index is 11.9. The molecule has 0 aromatic carbocycles. The number of likely N-dealkylation sites (tertiary alicyclic amines) is 1. The number of amides is 1. The fourth-order valence-corrected chi connectivity index (χ4v) is 2.04. The van der Waals surface area contributed by atoms with Gasteiger partial charge in [-0.2, -0.15) is 0 Å². The Kier molecular flexibility index (Phi) is 3.75. The van der Waals surface area contributed by atoms with E-state index in [2.05, 4.69) is 10.3 Å². The Bertz CT molecular complexity index is 451. The van der Waals surface area contributed by atoms with Crippen molar-refractivity contribution < 1.29 is 9.53 Å². The molecule has 0 bridgehead atoms. The van der Waals surface area contributed by atoms with Gasteiger partial charge in [0.1, 0.15) is 5.60 Å². The van der Waals surface area contributed by atoms with Crippen LogP contribution in [0, 0.1) is 0 Å². The van der Waals surface area contributed by atoms with Crippen LogP contribution in [0.3, 0.4) is 0 Å². The van der Waals surface area contributed by atoms with Gasteiger partial charge in [0, 0.05) is 19.6 Å². The van der Waals surface area contributed by atoms with E-state index in [-0.39, 0.29) is 12.1 Å². The first-order valence-electron chi connectivity index (χ1n) is 6.48. The molecule has 19 heavy (non-hydrogen) atoms. The highest BCUT2D eigenvalue weighted by atomic mass is 16.6. The van der Waals surface area contributed by atoms with Crippen LogP contribution in [0.25, 0.3) is 0 Å². The lowest BCUT2D eigenvalue weighted by atomic mass is 10.2. The van der Waals surface area contributed by atoms with E-state index in [1.807, 2.05) is 27.0 Å². The van der Waals surface area contributed by atoms with E-state index in [1.54, 1.807) is 9.58 Å². The minimum absolute atomic E-state index is 0.153. The molecule has 1 atom stereocenters. The van der Waals surface area contributed by atoms with Gasteiger partial charge in [-0.15, -0.1) is 5.10 Å². The molecule has 106 valence electrons. The SMILES string of the molecule is CC(C)(C)OC(=O)N1CC[C@H](n2cc(CN)nn2)C1. The summed E-state index contributed by atoms with van der Waals surface area (Å²) in [5.74, 6) is 0. The summed E-state index contributed by atoms with van der Waals surface area (Å²) in [7, 11) is 0. The monoisotopic (exact) mass is 267 g/mol. The second kappa shape index (κ2) is 5.16. The Hall–Kier alpha value is -1.63. The Morgan fingerprint density at radius 3 is 2.89 bits per heavy atom. The van der Waals surface area contributed by atoms with Gasteiger partial charge in [-0.1, -0.05) is 5.21 Å². The summed E-state index contributed by atoms with van der Waals surface area (Å²) in [5.41, 5.74) is 5.80. The Morgan fingerprint density at radius 1 is 1.58 bits per heavy atom. The summed E-state index contributed by atoms with van der Waals surface area (Å²) in [6.45, 7) is 7.25. The van der Waals surface area contributed by atoms with E-state index in [9.17, 15) is 4.79 Å². The van der Waals surface area contributed by atoms with Crippen LogP contribution in [0.15, 0.2) is 6.20 Å². The van der Waals surface area contributed by atoms with Crippen molar-refractivity contribution in [2.45, 2.75) is 45.4 Å². The second-order valence-corrected chi connectivity index (χ2v) is 5.76. The summed E-state index contributed by atoms with van der Waals surface area (Å²) < 4.78 is 7.14. The van der Waals surface area contributed by atoms with Crippen molar-refractivity contribution in [3.05, 3.63) is 11.9 Å². The Balaban J connectivity index is 1.94. The van der Waals surface area contributed by atoms with Crippen LogP contribution in [-0.4, -0.2) is 44.7 Å². The van der Waals surface area contributed by atoms with E-state index in [0.717, 1.165) is 12.1 Å². The maximum atomic E-state index is 11.9. The predicted octanol–water partition coefficient (Wildman–Crippen LogP) is 0.919. The number of rotatable bonds is 2. The first-order chi connectivity index (χ1) is 8.89. The number of nitrogens with zero attached hydrogens (tertiary/aromatic N) is 4. The Labute approximate surface area is 112 Å². The van der Waals surface area contributed by atoms with Crippen LogP contribution in [-0.2, 0) is 11.3 Å². The summed E-state index contributed by atoms with van der Waals surface area (Å²) >= 11 is 0. The fraction of sp³-hybridized carbons (Fsp3) is 0.750. The van der Waals surface area contributed by atoms with Crippen molar-refractivity contribution in [2.24, 2.45) is 5.73 Å². The van der Waals surface area contributed by atoms with Crippen LogP contribution >= 0.6 is 0 Å². The molecular formula is C12H21N5O2. The quantitative estimate of drug-likeness (QED) is 0.861. The number of carbonyl (C=O) groups excluding carboxylic acids is 1. The van der Waals surface area contributed by atoms with E-state index < -0.39 is 5.60 Å². The van der Waals surface area contributed by atoms with Crippen molar-refractivity contribution in [1.82, 2.24) is 19.9 Å². The fourth-order valence-electron chi connectivity index (χ4n) is 2.04. The molecule has 1 aliphatic heterocycles. The van der Waals surface area contributed by atoms with Crippen molar-refractivity contribution >= 4 is 6.09 Å². The number of hydrogen-bond acceptors (Lipinski definition) is 5. The van der Waals surface area contributed by atoms with Gasteiger partial charge in [0.05, 0.1) is 17.9 Å². The van der Waals surface area contributed by atoms with E-state index >= 15 is 0 Å². The number of ether oxygens (including phenoxy) is 1. The average Bonchev–Trinajstić information content (AvgIpc) is 2.95. The topological polar surface area (TPSA) is 86.3 Å². The predicted molar refractivity (Wildman–Crippen MR) is 69.4 cm³/mol. The van der Waals surface area contributed by atoms with Gasteiger partial charge in [-0.05, 0) is 27.2 Å². The minimum atomic E-state index is -0.463. The van der Waals surface area contributed by atoms with Crippen LogP contribution in [0.5, 0.6) is 0 Å². The standard InChI is InChI=1S/C12H21N5O2/c1-12(2,3)19-11(18)16-5-4-10(8-16)17-7-9(6-13)14-15-17/h7,10H,4-6,8,13H2,1-3H3/t10-/m0/s1. The lowest BCUT2D eigenvalue weighted by molar-refractivity contribution is 0.0288. The summed E-state index contributed by atoms with van der Waals surface area (Å²) in [6.07, 6.45) is 2.42. The number of aromatic nitrogens is 3. The van der Waals surface area contributed by atoms with Crippen LogP contribution in [0.1, 0.15) is 38.9 Å². The van der Waals surface area contributed by atoms with Crippen LogP contribution in [0.4, 0.5) is 4.79 Å². The van der Waals surface area contributed by atoms with E-state index in [0.29, 0.717) is 19.6 Å². The second-order valence-electron chi connectivity index (χ2n) is 5.76. The maximum Gasteiger partial charge on any atom is 0.410 e. The first kappa shape index (κ1) is 13.8. The number of hydrogen-bond donors (Lipinski definition) is 1. The van der Waals surface area contributed by atoms with Crippen molar-refractivity contribution in [1.29, 1.82) is 0 Å². The molecular weight excluding hydrogens is 246 g/mol.